The fourth-order valence-corrected chi connectivity index (χ4v) is 3.01. The summed E-state index contributed by atoms with van der Waals surface area (Å²) >= 11 is 0. The van der Waals surface area contributed by atoms with Crippen molar-refractivity contribution in [3.63, 3.8) is 0 Å². The van der Waals surface area contributed by atoms with E-state index in [0.29, 0.717) is 24.7 Å². The number of aromatic nitrogens is 1. The van der Waals surface area contributed by atoms with Crippen molar-refractivity contribution in [3.05, 3.63) is 47.7 Å². The van der Waals surface area contributed by atoms with Gasteiger partial charge in [0.05, 0.1) is 11.9 Å². The molecule has 2 amide bonds. The summed E-state index contributed by atoms with van der Waals surface area (Å²) in [6.45, 7) is 5.51. The predicted octanol–water partition coefficient (Wildman–Crippen LogP) is 3.73. The van der Waals surface area contributed by atoms with Crippen molar-refractivity contribution in [2.45, 2.75) is 26.7 Å². The van der Waals surface area contributed by atoms with E-state index in [1.54, 1.807) is 23.2 Å². The molecule has 138 valence electrons. The smallest absolute Gasteiger partial charge is 0.321 e. The molecule has 1 unspecified atom stereocenters. The number of aryl methyl sites for hydroxylation is 2. The van der Waals surface area contributed by atoms with Crippen molar-refractivity contribution >= 4 is 11.7 Å². The summed E-state index contributed by atoms with van der Waals surface area (Å²) in [5, 5.41) is 12.1. The molecule has 3 rings (SSSR count). The molecule has 1 aromatic carbocycles. The first-order valence-electron chi connectivity index (χ1n) is 8.93. The first-order valence-corrected chi connectivity index (χ1v) is 8.93. The number of carbonyl (C=O) groups excluding carboxylic acids is 1. The van der Waals surface area contributed by atoms with Crippen LogP contribution >= 0.6 is 0 Å². The van der Waals surface area contributed by atoms with E-state index in [1.807, 2.05) is 25.1 Å². The second-order valence-electron chi connectivity index (χ2n) is 6.80. The molecule has 0 saturated carbocycles. The minimum atomic E-state index is -0.159. The Morgan fingerprint density at radius 3 is 2.85 bits per heavy atom. The highest BCUT2D eigenvalue weighted by Gasteiger charge is 2.23. The van der Waals surface area contributed by atoms with Gasteiger partial charge in [0, 0.05) is 25.8 Å². The molecule has 1 aliphatic rings. The van der Waals surface area contributed by atoms with Gasteiger partial charge in [-0.15, -0.1) is 0 Å². The number of rotatable bonds is 4. The van der Waals surface area contributed by atoms with Crippen LogP contribution in [0.2, 0.25) is 0 Å². The molecule has 0 bridgehead atoms. The van der Waals surface area contributed by atoms with Crippen molar-refractivity contribution < 1.29 is 14.6 Å². The Balaban J connectivity index is 1.58. The summed E-state index contributed by atoms with van der Waals surface area (Å²) < 4.78 is 5.76. The molecule has 2 aromatic rings. The largest absolute Gasteiger partial charge is 0.439 e. The van der Waals surface area contributed by atoms with Gasteiger partial charge in [-0.2, -0.15) is 0 Å². The van der Waals surface area contributed by atoms with Gasteiger partial charge < -0.3 is 20.1 Å². The molecule has 1 aromatic heterocycles. The number of amides is 2. The molecule has 2 N–H and O–H groups in total. The Bertz CT molecular complexity index is 761. The maximum Gasteiger partial charge on any atom is 0.321 e. The van der Waals surface area contributed by atoms with Crippen LogP contribution in [0, 0.1) is 19.8 Å². The second kappa shape index (κ2) is 8.19. The van der Waals surface area contributed by atoms with Crippen LogP contribution in [0.1, 0.15) is 24.0 Å². The molecule has 1 fully saturated rings. The molecule has 2 heterocycles. The minimum Gasteiger partial charge on any atom is -0.439 e. The molecule has 1 saturated heterocycles. The van der Waals surface area contributed by atoms with Gasteiger partial charge in [0.25, 0.3) is 0 Å². The first kappa shape index (κ1) is 18.2. The summed E-state index contributed by atoms with van der Waals surface area (Å²) in [6, 6.07) is 9.24. The van der Waals surface area contributed by atoms with Gasteiger partial charge in [0.15, 0.2) is 0 Å². The Morgan fingerprint density at radius 2 is 2.15 bits per heavy atom. The quantitative estimate of drug-likeness (QED) is 0.876. The summed E-state index contributed by atoms with van der Waals surface area (Å²) in [6.07, 6.45) is 3.47. The Kier molecular flexibility index (Phi) is 5.73. The second-order valence-corrected chi connectivity index (χ2v) is 6.80. The number of aliphatic hydroxyl groups is 1. The van der Waals surface area contributed by atoms with E-state index in [9.17, 15) is 9.90 Å². The summed E-state index contributed by atoms with van der Waals surface area (Å²) in [4.78, 5) is 18.3. The lowest BCUT2D eigenvalue weighted by Gasteiger charge is -2.31. The van der Waals surface area contributed by atoms with Crippen LogP contribution in [0.15, 0.2) is 36.5 Å². The van der Waals surface area contributed by atoms with Crippen molar-refractivity contribution in [2.75, 3.05) is 25.0 Å². The number of hydrogen-bond acceptors (Lipinski definition) is 4. The van der Waals surface area contributed by atoms with Gasteiger partial charge in [0.2, 0.25) is 5.88 Å². The Labute approximate surface area is 153 Å². The standard InChI is InChI=1S/C20H25N3O3/c1-14-5-7-18(10-15(14)2)26-19-8-6-17(11-21-19)22-20(25)23-9-3-4-16(12-23)13-24/h5-8,10-11,16,24H,3-4,9,12-13H2,1-2H3,(H,22,25). The van der Waals surface area contributed by atoms with Gasteiger partial charge >= 0.3 is 6.03 Å². The highest BCUT2D eigenvalue weighted by atomic mass is 16.5. The normalized spacial score (nSPS) is 17.0. The number of ether oxygens (including phenoxy) is 1. The third-order valence-electron chi connectivity index (χ3n) is 4.75. The first-order chi connectivity index (χ1) is 12.5. The number of pyridine rings is 1. The van der Waals surface area contributed by atoms with Crippen molar-refractivity contribution in [1.82, 2.24) is 9.88 Å². The van der Waals surface area contributed by atoms with Crippen molar-refractivity contribution in [3.8, 4) is 11.6 Å². The average Bonchev–Trinajstić information content (AvgIpc) is 2.66. The number of anilines is 1. The van der Waals surface area contributed by atoms with E-state index in [0.717, 1.165) is 24.2 Å². The van der Waals surface area contributed by atoms with E-state index in [4.69, 9.17) is 4.74 Å². The third kappa shape index (κ3) is 4.52. The van der Waals surface area contributed by atoms with Gasteiger partial charge in [-0.25, -0.2) is 9.78 Å². The van der Waals surface area contributed by atoms with Crippen LogP contribution < -0.4 is 10.1 Å². The minimum absolute atomic E-state index is 0.121. The van der Waals surface area contributed by atoms with Crippen molar-refractivity contribution in [1.29, 1.82) is 0 Å². The van der Waals surface area contributed by atoms with Crippen LogP contribution in [0.5, 0.6) is 11.6 Å². The van der Waals surface area contributed by atoms with E-state index in [2.05, 4.69) is 17.2 Å². The lowest BCUT2D eigenvalue weighted by atomic mass is 9.99. The number of benzene rings is 1. The fourth-order valence-electron chi connectivity index (χ4n) is 3.01. The molecule has 1 aliphatic heterocycles. The summed E-state index contributed by atoms with van der Waals surface area (Å²) in [5.74, 6) is 1.38. The van der Waals surface area contributed by atoms with E-state index < -0.39 is 0 Å². The van der Waals surface area contributed by atoms with Crippen LogP contribution in [0.4, 0.5) is 10.5 Å². The molecule has 0 aliphatic carbocycles. The van der Waals surface area contributed by atoms with Gasteiger partial charge in [-0.1, -0.05) is 6.07 Å². The molecule has 26 heavy (non-hydrogen) atoms. The monoisotopic (exact) mass is 355 g/mol. The fraction of sp³-hybridized carbons (Fsp3) is 0.400. The lowest BCUT2D eigenvalue weighted by molar-refractivity contribution is 0.136. The maximum atomic E-state index is 12.3. The molecular weight excluding hydrogens is 330 g/mol. The lowest BCUT2D eigenvalue weighted by Crippen LogP contribution is -2.43. The number of nitrogens with zero attached hydrogens (tertiary/aromatic N) is 2. The number of aliphatic hydroxyl groups excluding tert-OH is 1. The van der Waals surface area contributed by atoms with Crippen molar-refractivity contribution in [2.24, 2.45) is 5.92 Å². The van der Waals surface area contributed by atoms with Gasteiger partial charge in [0.1, 0.15) is 5.75 Å². The van der Waals surface area contributed by atoms with Gasteiger partial charge in [-0.05, 0) is 61.9 Å². The predicted molar refractivity (Wildman–Crippen MR) is 101 cm³/mol. The van der Waals surface area contributed by atoms with E-state index >= 15 is 0 Å². The number of piperidine rings is 1. The zero-order chi connectivity index (χ0) is 18.5. The molecule has 6 heteroatoms. The van der Waals surface area contributed by atoms with E-state index in [-0.39, 0.29) is 18.6 Å². The Hall–Kier alpha value is -2.60. The third-order valence-corrected chi connectivity index (χ3v) is 4.75. The number of nitrogens with one attached hydrogen (secondary N) is 1. The highest BCUT2D eigenvalue weighted by molar-refractivity contribution is 5.89. The van der Waals surface area contributed by atoms with E-state index in [1.165, 1.54) is 5.56 Å². The molecule has 0 radical (unpaired) electrons. The van der Waals surface area contributed by atoms with Crippen LogP contribution in [0.3, 0.4) is 0 Å². The number of hydrogen-bond donors (Lipinski definition) is 2. The average molecular weight is 355 g/mol. The molecule has 1 atom stereocenters. The highest BCUT2D eigenvalue weighted by Crippen LogP contribution is 2.23. The molecule has 0 spiro atoms. The zero-order valence-corrected chi connectivity index (χ0v) is 15.2. The molecule has 6 nitrogen and oxygen atoms in total. The van der Waals surface area contributed by atoms with Crippen LogP contribution in [0.25, 0.3) is 0 Å². The SMILES string of the molecule is Cc1ccc(Oc2ccc(NC(=O)N3CCCC(CO)C3)cn2)cc1C. The number of urea groups is 1. The molecular formula is C20H25N3O3. The van der Waals surface area contributed by atoms with Crippen LogP contribution in [-0.2, 0) is 0 Å². The van der Waals surface area contributed by atoms with Crippen LogP contribution in [-0.4, -0.2) is 40.7 Å². The maximum absolute atomic E-state index is 12.3. The van der Waals surface area contributed by atoms with Gasteiger partial charge in [-0.3, -0.25) is 0 Å². The summed E-state index contributed by atoms with van der Waals surface area (Å²) in [5.41, 5.74) is 2.99. The summed E-state index contributed by atoms with van der Waals surface area (Å²) in [7, 11) is 0. The number of carbonyl (C=O) groups is 1. The Morgan fingerprint density at radius 1 is 1.31 bits per heavy atom. The topological polar surface area (TPSA) is 74.7 Å². The zero-order valence-electron chi connectivity index (χ0n) is 15.2. The number of likely N-dealkylation sites (tertiary alicyclic amines) is 1.